The van der Waals surface area contributed by atoms with Gasteiger partial charge in [0.2, 0.25) is 0 Å². The maximum Gasteiger partial charge on any atom is 0.305 e. The monoisotopic (exact) mass is 257 g/mol. The molecule has 0 radical (unpaired) electrons. The molecule has 1 aliphatic rings. The highest BCUT2D eigenvalue weighted by Crippen LogP contribution is 2.34. The minimum absolute atomic E-state index is 0.0646. The normalized spacial score (nSPS) is 16.5. The van der Waals surface area contributed by atoms with Gasteiger partial charge in [-0.1, -0.05) is 0 Å². The van der Waals surface area contributed by atoms with Gasteiger partial charge in [0, 0.05) is 6.04 Å². The molecule has 1 aliphatic carbocycles. The maximum absolute atomic E-state index is 11.7. The highest BCUT2D eigenvalue weighted by Gasteiger charge is 2.34. The number of amides is 1. The van der Waals surface area contributed by atoms with Gasteiger partial charge >= 0.3 is 5.97 Å². The summed E-state index contributed by atoms with van der Waals surface area (Å²) < 4.78 is 4.96. The van der Waals surface area contributed by atoms with E-state index in [0.29, 0.717) is 0 Å². The molecular weight excluding hydrogens is 246 g/mol. The van der Waals surface area contributed by atoms with Crippen LogP contribution in [0.5, 0.6) is 0 Å². The van der Waals surface area contributed by atoms with Crippen LogP contribution in [0.1, 0.15) is 29.8 Å². The number of carbonyl (C=O) groups is 2. The summed E-state index contributed by atoms with van der Waals surface area (Å²) in [7, 11) is 0. The molecule has 1 heterocycles. The molecule has 6 heteroatoms. The Hall–Kier alpha value is -1.49. The number of hydrogen-bond acceptors (Lipinski definition) is 3. The van der Waals surface area contributed by atoms with Gasteiger partial charge in [-0.05, 0) is 42.5 Å². The first-order valence-electron chi connectivity index (χ1n) is 5.34. The number of hydrogen-bond donors (Lipinski definition) is 2. The number of carbonyl (C=O) groups excluding carboxylic acids is 1. The summed E-state index contributed by atoms with van der Waals surface area (Å²) >= 11 is 5.56. The van der Waals surface area contributed by atoms with Gasteiger partial charge in [-0.25, -0.2) is 0 Å². The zero-order valence-corrected chi connectivity index (χ0v) is 9.74. The fraction of sp³-hybridized carbons (Fsp3) is 0.455. The number of furan rings is 1. The Labute approximate surface area is 103 Å². The van der Waals surface area contributed by atoms with Gasteiger partial charge in [-0.3, -0.25) is 9.59 Å². The average molecular weight is 258 g/mol. The molecule has 0 aromatic carbocycles. The van der Waals surface area contributed by atoms with Crippen molar-refractivity contribution >= 4 is 23.5 Å². The van der Waals surface area contributed by atoms with Gasteiger partial charge in [0.25, 0.3) is 5.91 Å². The van der Waals surface area contributed by atoms with Crippen LogP contribution >= 0.6 is 11.6 Å². The first-order chi connectivity index (χ1) is 8.06. The van der Waals surface area contributed by atoms with Crippen molar-refractivity contribution in [2.75, 3.05) is 0 Å². The first kappa shape index (κ1) is 12.0. The van der Waals surface area contributed by atoms with E-state index in [0.717, 1.165) is 12.8 Å². The molecule has 0 aliphatic heterocycles. The van der Waals surface area contributed by atoms with E-state index in [2.05, 4.69) is 5.32 Å². The largest absolute Gasteiger partial charge is 0.481 e. The van der Waals surface area contributed by atoms with E-state index >= 15 is 0 Å². The Morgan fingerprint density at radius 1 is 1.53 bits per heavy atom. The third-order valence-electron chi connectivity index (χ3n) is 2.70. The van der Waals surface area contributed by atoms with Gasteiger partial charge in [0.15, 0.2) is 11.0 Å². The van der Waals surface area contributed by atoms with E-state index in [1.165, 1.54) is 12.1 Å². The van der Waals surface area contributed by atoms with E-state index < -0.39 is 11.9 Å². The van der Waals surface area contributed by atoms with E-state index in [1.807, 2.05) is 0 Å². The number of halogens is 1. The summed E-state index contributed by atoms with van der Waals surface area (Å²) in [6.07, 6.45) is 1.85. The standard InChI is InChI=1S/C11H12ClNO4/c12-9-4-3-8(17-9)11(16)13-7(5-10(14)15)6-1-2-6/h3-4,6-7H,1-2,5H2,(H,13,16)(H,14,15). The molecule has 0 spiro atoms. The molecule has 5 nitrogen and oxygen atoms in total. The van der Waals surface area contributed by atoms with Crippen molar-refractivity contribution in [2.45, 2.75) is 25.3 Å². The molecule has 0 bridgehead atoms. The molecule has 1 aromatic rings. The molecule has 92 valence electrons. The predicted molar refractivity (Wildman–Crippen MR) is 59.9 cm³/mol. The van der Waals surface area contributed by atoms with E-state index in [1.54, 1.807) is 0 Å². The van der Waals surface area contributed by atoms with Crippen LogP contribution in [-0.2, 0) is 4.79 Å². The van der Waals surface area contributed by atoms with Crippen molar-refractivity contribution in [3.05, 3.63) is 23.1 Å². The zero-order valence-electron chi connectivity index (χ0n) is 8.98. The van der Waals surface area contributed by atoms with Gasteiger partial charge in [0.1, 0.15) is 0 Å². The third kappa shape index (κ3) is 3.23. The van der Waals surface area contributed by atoms with Gasteiger partial charge in [-0.2, -0.15) is 0 Å². The quantitative estimate of drug-likeness (QED) is 0.845. The summed E-state index contributed by atoms with van der Waals surface area (Å²) in [6.45, 7) is 0. The minimum atomic E-state index is -0.917. The molecule has 1 unspecified atom stereocenters. The fourth-order valence-electron chi connectivity index (χ4n) is 1.70. The van der Waals surface area contributed by atoms with Crippen molar-refractivity contribution in [3.63, 3.8) is 0 Å². The van der Waals surface area contributed by atoms with E-state index in [9.17, 15) is 9.59 Å². The average Bonchev–Trinajstić information content (AvgIpc) is 2.99. The Balaban J connectivity index is 1.97. The second-order valence-corrected chi connectivity index (χ2v) is 4.49. The third-order valence-corrected chi connectivity index (χ3v) is 2.90. The zero-order chi connectivity index (χ0) is 12.4. The van der Waals surface area contributed by atoms with Crippen molar-refractivity contribution in [2.24, 2.45) is 5.92 Å². The van der Waals surface area contributed by atoms with Gasteiger partial charge in [-0.15, -0.1) is 0 Å². The number of carboxylic acids is 1. The summed E-state index contributed by atoms with van der Waals surface area (Å²) in [5, 5.41) is 11.6. The van der Waals surface area contributed by atoms with Crippen LogP contribution in [0.25, 0.3) is 0 Å². The smallest absolute Gasteiger partial charge is 0.305 e. The van der Waals surface area contributed by atoms with Crippen LogP contribution in [-0.4, -0.2) is 23.0 Å². The van der Waals surface area contributed by atoms with E-state index in [4.69, 9.17) is 21.1 Å². The molecular formula is C11H12ClNO4. The number of carboxylic acid groups (broad SMARTS) is 1. The summed E-state index contributed by atoms with van der Waals surface area (Å²) in [6, 6.07) is 2.60. The summed E-state index contributed by atoms with van der Waals surface area (Å²) in [5.41, 5.74) is 0. The Kier molecular flexibility index (Phi) is 3.38. The van der Waals surface area contributed by atoms with Crippen LogP contribution in [0.4, 0.5) is 0 Å². The van der Waals surface area contributed by atoms with Crippen LogP contribution in [0.2, 0.25) is 5.22 Å². The molecule has 0 saturated heterocycles. The summed E-state index contributed by atoms with van der Waals surface area (Å²) in [4.78, 5) is 22.4. The van der Waals surface area contributed by atoms with Crippen LogP contribution in [0, 0.1) is 5.92 Å². The topological polar surface area (TPSA) is 79.5 Å². The molecule has 2 N–H and O–H groups in total. The minimum Gasteiger partial charge on any atom is -0.481 e. The van der Waals surface area contributed by atoms with E-state index in [-0.39, 0.29) is 29.4 Å². The number of rotatable bonds is 5. The highest BCUT2D eigenvalue weighted by atomic mass is 35.5. The fourth-order valence-corrected chi connectivity index (χ4v) is 1.84. The van der Waals surface area contributed by atoms with Crippen LogP contribution < -0.4 is 5.32 Å². The molecule has 1 saturated carbocycles. The Morgan fingerprint density at radius 3 is 2.71 bits per heavy atom. The Morgan fingerprint density at radius 2 is 2.24 bits per heavy atom. The van der Waals surface area contributed by atoms with Crippen LogP contribution in [0.3, 0.4) is 0 Å². The lowest BCUT2D eigenvalue weighted by atomic mass is 10.1. The summed E-state index contributed by atoms with van der Waals surface area (Å²) in [5.74, 6) is -0.971. The molecule has 2 rings (SSSR count). The molecule has 1 atom stereocenters. The van der Waals surface area contributed by atoms with Crippen molar-refractivity contribution in [1.82, 2.24) is 5.32 Å². The predicted octanol–water partition coefficient (Wildman–Crippen LogP) is 1.92. The molecule has 17 heavy (non-hydrogen) atoms. The second kappa shape index (κ2) is 4.79. The van der Waals surface area contributed by atoms with Gasteiger partial charge in [0.05, 0.1) is 6.42 Å². The van der Waals surface area contributed by atoms with Crippen molar-refractivity contribution in [3.8, 4) is 0 Å². The second-order valence-electron chi connectivity index (χ2n) is 4.12. The highest BCUT2D eigenvalue weighted by molar-refractivity contribution is 6.29. The lowest BCUT2D eigenvalue weighted by molar-refractivity contribution is -0.137. The van der Waals surface area contributed by atoms with Crippen molar-refractivity contribution < 1.29 is 19.1 Å². The molecule has 1 fully saturated rings. The lowest BCUT2D eigenvalue weighted by Gasteiger charge is -2.14. The van der Waals surface area contributed by atoms with Crippen LogP contribution in [0.15, 0.2) is 16.5 Å². The molecule has 1 amide bonds. The SMILES string of the molecule is O=C(O)CC(NC(=O)c1ccc(Cl)o1)C1CC1. The van der Waals surface area contributed by atoms with Crippen molar-refractivity contribution in [1.29, 1.82) is 0 Å². The first-order valence-corrected chi connectivity index (χ1v) is 5.72. The molecule has 1 aromatic heterocycles. The number of nitrogens with one attached hydrogen (secondary N) is 1. The maximum atomic E-state index is 11.7. The number of aliphatic carboxylic acids is 1. The lowest BCUT2D eigenvalue weighted by Crippen LogP contribution is -2.37. The Bertz CT molecular complexity index is 438. The van der Waals surface area contributed by atoms with Gasteiger partial charge < -0.3 is 14.8 Å².